The number of piperazine rings is 1. The molecular formula is C24H24FN5O5. The van der Waals surface area contributed by atoms with Crippen molar-refractivity contribution in [2.45, 2.75) is 19.5 Å². The van der Waals surface area contributed by atoms with Crippen molar-refractivity contribution >= 4 is 28.5 Å². The number of fused-ring (bicyclic) bond motifs is 2. The first-order chi connectivity index (χ1) is 16.9. The zero-order chi connectivity index (χ0) is 24.7. The molecule has 0 radical (unpaired) electrons. The molecule has 35 heavy (non-hydrogen) atoms. The Morgan fingerprint density at radius 1 is 1.26 bits per heavy atom. The van der Waals surface area contributed by atoms with Crippen LogP contribution in [0.4, 0.5) is 10.2 Å². The van der Waals surface area contributed by atoms with Crippen molar-refractivity contribution in [2.75, 3.05) is 37.7 Å². The number of benzene rings is 1. The zero-order valence-corrected chi connectivity index (χ0v) is 19.0. The predicted octanol–water partition coefficient (Wildman–Crippen LogP) is 2.02. The Labute approximate surface area is 199 Å². The summed E-state index contributed by atoms with van der Waals surface area (Å²) in [7, 11) is 0. The fourth-order valence-electron chi connectivity index (χ4n) is 4.77. The third-order valence-corrected chi connectivity index (χ3v) is 6.59. The van der Waals surface area contributed by atoms with Crippen LogP contribution in [0.2, 0.25) is 0 Å². The lowest BCUT2D eigenvalue weighted by Gasteiger charge is -2.41. The van der Waals surface area contributed by atoms with Crippen LogP contribution in [-0.2, 0) is 6.54 Å². The minimum Gasteiger partial charge on any atom is -0.491 e. The Morgan fingerprint density at radius 3 is 2.69 bits per heavy atom. The molecule has 2 aromatic heterocycles. The van der Waals surface area contributed by atoms with Crippen LogP contribution in [0.25, 0.3) is 11.0 Å². The van der Waals surface area contributed by atoms with Gasteiger partial charge in [0.25, 0.3) is 0 Å². The highest BCUT2D eigenvalue weighted by Gasteiger charge is 2.34. The largest absolute Gasteiger partial charge is 0.491 e. The van der Waals surface area contributed by atoms with E-state index in [9.17, 15) is 19.9 Å². The summed E-state index contributed by atoms with van der Waals surface area (Å²) < 4.78 is 22.5. The van der Waals surface area contributed by atoms with Gasteiger partial charge >= 0.3 is 5.97 Å². The molecule has 1 atom stereocenters. The van der Waals surface area contributed by atoms with Crippen molar-refractivity contribution in [2.24, 2.45) is 5.16 Å². The lowest BCUT2D eigenvalue weighted by Crippen LogP contribution is -2.56. The number of halogens is 1. The summed E-state index contributed by atoms with van der Waals surface area (Å²) in [5.74, 6) is -1.26. The Morgan fingerprint density at radius 2 is 2.00 bits per heavy atom. The van der Waals surface area contributed by atoms with Gasteiger partial charge in [0.15, 0.2) is 11.6 Å². The maximum atomic E-state index is 15.1. The number of aryl methyl sites for hydroxylation is 1. The number of pyridine rings is 2. The molecule has 1 unspecified atom stereocenters. The number of hydrogen-bond donors (Lipinski definition) is 2. The smallest absolute Gasteiger partial charge is 0.341 e. The molecule has 1 fully saturated rings. The summed E-state index contributed by atoms with van der Waals surface area (Å²) in [6, 6.07) is 8.23. The van der Waals surface area contributed by atoms with Crippen LogP contribution in [0.5, 0.6) is 5.75 Å². The summed E-state index contributed by atoms with van der Waals surface area (Å²) in [5, 5.41) is 22.5. The van der Waals surface area contributed by atoms with E-state index in [4.69, 9.17) is 4.74 Å². The van der Waals surface area contributed by atoms with Gasteiger partial charge in [-0.05, 0) is 25.1 Å². The first-order valence-electron chi connectivity index (χ1n) is 11.3. The van der Waals surface area contributed by atoms with Gasteiger partial charge in [0.05, 0.1) is 11.4 Å². The average molecular weight is 481 g/mol. The second-order valence-electron chi connectivity index (χ2n) is 8.46. The SMILES string of the molecule is CCn1cc(C(=O)O)c(=O)c2cc(F)c(N3CCN(C4COc5ccccc5/C4=N\O)CC3)nc21. The Kier molecular flexibility index (Phi) is 5.85. The second kappa shape index (κ2) is 8.99. The molecule has 182 valence electrons. The van der Waals surface area contributed by atoms with Crippen molar-refractivity contribution in [1.82, 2.24) is 14.5 Å². The second-order valence-corrected chi connectivity index (χ2v) is 8.46. The van der Waals surface area contributed by atoms with E-state index in [0.717, 1.165) is 11.6 Å². The molecule has 1 saturated heterocycles. The Balaban J connectivity index is 1.40. The van der Waals surface area contributed by atoms with Crippen LogP contribution in [0.15, 0.2) is 46.5 Å². The summed E-state index contributed by atoms with van der Waals surface area (Å²) in [4.78, 5) is 32.4. The molecule has 10 nitrogen and oxygen atoms in total. The van der Waals surface area contributed by atoms with Crippen molar-refractivity contribution in [3.63, 3.8) is 0 Å². The first-order valence-corrected chi connectivity index (χ1v) is 11.3. The van der Waals surface area contributed by atoms with Gasteiger partial charge in [-0.15, -0.1) is 0 Å². The number of aromatic nitrogens is 2. The van der Waals surface area contributed by atoms with Gasteiger partial charge in [0.2, 0.25) is 5.43 Å². The molecule has 0 spiro atoms. The molecule has 4 heterocycles. The molecule has 2 aliphatic rings. The van der Waals surface area contributed by atoms with Crippen molar-refractivity contribution in [3.05, 3.63) is 63.7 Å². The lowest BCUT2D eigenvalue weighted by molar-refractivity contribution is 0.0695. The molecule has 1 aromatic carbocycles. The molecule has 0 aliphatic carbocycles. The molecule has 0 saturated carbocycles. The zero-order valence-electron chi connectivity index (χ0n) is 19.0. The number of anilines is 1. The van der Waals surface area contributed by atoms with Gasteiger partial charge < -0.3 is 24.5 Å². The molecule has 0 bridgehead atoms. The molecule has 3 aromatic rings. The van der Waals surface area contributed by atoms with E-state index in [1.807, 2.05) is 24.3 Å². The van der Waals surface area contributed by atoms with Gasteiger partial charge in [0.1, 0.15) is 29.3 Å². The lowest BCUT2D eigenvalue weighted by atomic mass is 9.98. The van der Waals surface area contributed by atoms with E-state index in [2.05, 4.69) is 15.0 Å². The van der Waals surface area contributed by atoms with E-state index in [-0.39, 0.29) is 22.9 Å². The number of aromatic carboxylic acids is 1. The minimum atomic E-state index is -1.36. The van der Waals surface area contributed by atoms with Gasteiger partial charge in [0, 0.05) is 44.5 Å². The third kappa shape index (κ3) is 3.87. The van der Waals surface area contributed by atoms with Gasteiger partial charge in [-0.3, -0.25) is 9.69 Å². The molecule has 2 aliphatic heterocycles. The summed E-state index contributed by atoms with van der Waals surface area (Å²) in [6.45, 7) is 4.51. The maximum absolute atomic E-state index is 15.1. The predicted molar refractivity (Wildman–Crippen MR) is 126 cm³/mol. The van der Waals surface area contributed by atoms with Crippen LogP contribution in [0.3, 0.4) is 0 Å². The van der Waals surface area contributed by atoms with Crippen LogP contribution in [0, 0.1) is 5.82 Å². The number of rotatable bonds is 4. The van der Waals surface area contributed by atoms with Gasteiger partial charge in [-0.25, -0.2) is 14.2 Å². The number of carboxylic acid groups (broad SMARTS) is 1. The number of nitrogens with zero attached hydrogens (tertiary/aromatic N) is 5. The fraction of sp³-hybridized carbons (Fsp3) is 0.333. The average Bonchev–Trinajstić information content (AvgIpc) is 2.88. The highest BCUT2D eigenvalue weighted by atomic mass is 19.1. The molecule has 2 N–H and O–H groups in total. The molecular weight excluding hydrogens is 457 g/mol. The van der Waals surface area contributed by atoms with Crippen molar-refractivity contribution in [1.29, 1.82) is 0 Å². The van der Waals surface area contributed by atoms with E-state index in [1.165, 1.54) is 6.20 Å². The topological polar surface area (TPSA) is 120 Å². The maximum Gasteiger partial charge on any atom is 0.341 e. The van der Waals surface area contributed by atoms with Crippen LogP contribution < -0.4 is 15.1 Å². The monoisotopic (exact) mass is 481 g/mol. The fourth-order valence-corrected chi connectivity index (χ4v) is 4.77. The number of ether oxygens (including phenoxy) is 1. The highest BCUT2D eigenvalue weighted by molar-refractivity contribution is 6.07. The number of para-hydroxylation sites is 1. The number of carboxylic acids is 1. The molecule has 11 heteroatoms. The van der Waals surface area contributed by atoms with Crippen molar-refractivity contribution < 1.29 is 24.2 Å². The summed E-state index contributed by atoms with van der Waals surface area (Å²) in [5.41, 5.74) is 0.354. The highest BCUT2D eigenvalue weighted by Crippen LogP contribution is 2.28. The Hall–Kier alpha value is -3.99. The summed E-state index contributed by atoms with van der Waals surface area (Å²) in [6.07, 6.45) is 1.25. The first kappa shape index (κ1) is 22.8. The number of oxime groups is 1. The number of carbonyl (C=O) groups is 1. The quantitative estimate of drug-likeness (QED) is 0.429. The van der Waals surface area contributed by atoms with E-state index >= 15 is 4.39 Å². The normalized spacial score (nSPS) is 19.5. The van der Waals surface area contributed by atoms with Gasteiger partial charge in [-0.2, -0.15) is 0 Å². The Bertz CT molecular complexity index is 1400. The van der Waals surface area contributed by atoms with Crippen LogP contribution in [-0.4, -0.2) is 75.3 Å². The standard InChI is InChI=1S/C24H24FN5O5/c1-2-28-12-16(24(32)33)21(31)15-11-17(25)23(26-22(15)28)30-9-7-29(8-10-30)18-13-35-19-6-4-3-5-14(19)20(18)27-34/h3-6,11-12,18,34H,2,7-10,13H2,1H3,(H,32,33)/b27-20+. The molecule has 0 amide bonds. The van der Waals surface area contributed by atoms with Gasteiger partial charge in [-0.1, -0.05) is 17.3 Å². The third-order valence-electron chi connectivity index (χ3n) is 6.59. The minimum absolute atomic E-state index is 0.0616. The number of hydrogen-bond acceptors (Lipinski definition) is 8. The van der Waals surface area contributed by atoms with Crippen LogP contribution >= 0.6 is 0 Å². The van der Waals surface area contributed by atoms with Crippen molar-refractivity contribution in [3.8, 4) is 5.75 Å². The van der Waals surface area contributed by atoms with E-state index in [0.29, 0.717) is 50.8 Å². The summed E-state index contributed by atoms with van der Waals surface area (Å²) >= 11 is 0. The van der Waals surface area contributed by atoms with Crippen LogP contribution in [0.1, 0.15) is 22.8 Å². The van der Waals surface area contributed by atoms with E-state index in [1.54, 1.807) is 16.4 Å². The van der Waals surface area contributed by atoms with E-state index < -0.39 is 22.8 Å². The molecule has 5 rings (SSSR count).